The van der Waals surface area contributed by atoms with Gasteiger partial charge >= 0.3 is 0 Å². The zero-order valence-electron chi connectivity index (χ0n) is 16.0. The van der Waals surface area contributed by atoms with Gasteiger partial charge < -0.3 is 10.6 Å². The van der Waals surface area contributed by atoms with E-state index in [-0.39, 0.29) is 34.8 Å². The van der Waals surface area contributed by atoms with Gasteiger partial charge in [0, 0.05) is 11.1 Å². The van der Waals surface area contributed by atoms with E-state index in [2.05, 4.69) is 10.6 Å². The second-order valence-corrected chi connectivity index (χ2v) is 7.87. The number of thioether (sulfide) groups is 2. The Labute approximate surface area is 182 Å². The monoisotopic (exact) mass is 444 g/mol. The number of amides is 2. The minimum Gasteiger partial charge on any atom is -0.348 e. The molecule has 30 heavy (non-hydrogen) atoms. The molecule has 0 atom stereocenters. The molecule has 0 spiro atoms. The normalized spacial score (nSPS) is 10.1. The van der Waals surface area contributed by atoms with Crippen molar-refractivity contribution in [3.63, 3.8) is 0 Å². The van der Waals surface area contributed by atoms with Crippen molar-refractivity contribution in [1.29, 1.82) is 0 Å². The smallest absolute Gasteiger partial charge is 0.230 e. The number of nitrogens with one attached hydrogen (secondary N) is 2. The Morgan fingerprint density at radius 2 is 0.967 bits per heavy atom. The third kappa shape index (κ3) is 8.62. The van der Waals surface area contributed by atoms with Crippen LogP contribution in [-0.2, 0) is 14.4 Å². The quantitative estimate of drug-likeness (QED) is 0.576. The van der Waals surface area contributed by atoms with Gasteiger partial charge in [0.1, 0.15) is 0 Å². The van der Waals surface area contributed by atoms with Gasteiger partial charge in [-0.1, -0.05) is 84.2 Å². The first-order valence-corrected chi connectivity index (χ1v) is 10.9. The summed E-state index contributed by atoms with van der Waals surface area (Å²) < 4.78 is 0. The molecule has 0 aliphatic rings. The van der Waals surface area contributed by atoms with Gasteiger partial charge in [-0.15, -0.1) is 0 Å². The van der Waals surface area contributed by atoms with Crippen LogP contribution >= 0.6 is 23.5 Å². The maximum atomic E-state index is 11.9. The van der Waals surface area contributed by atoms with E-state index in [4.69, 9.17) is 0 Å². The standard InChI is InChI=1S/C21H20N2O5S2/c24-17(11-22-18(25)13-29-20(27)15-7-3-1-4-8-15)12-23-19(26)14-30-21(28)16-9-5-2-6-10-16/h1-10H,11-14H2,(H,22,25)(H,23,26). The average molecular weight is 445 g/mol. The first-order chi connectivity index (χ1) is 14.5. The summed E-state index contributed by atoms with van der Waals surface area (Å²) in [6, 6.07) is 17.1. The van der Waals surface area contributed by atoms with Crippen molar-refractivity contribution in [1.82, 2.24) is 10.6 Å². The van der Waals surface area contributed by atoms with Gasteiger partial charge in [0.25, 0.3) is 0 Å². The lowest BCUT2D eigenvalue weighted by Crippen LogP contribution is -2.38. The molecule has 2 aromatic rings. The zero-order chi connectivity index (χ0) is 21.8. The fourth-order valence-electron chi connectivity index (χ4n) is 2.14. The second-order valence-electron chi connectivity index (χ2n) is 5.98. The Morgan fingerprint density at radius 3 is 1.33 bits per heavy atom. The predicted octanol–water partition coefficient (Wildman–Crippen LogP) is 1.94. The highest BCUT2D eigenvalue weighted by Gasteiger charge is 2.13. The molecule has 2 rings (SSSR count). The van der Waals surface area contributed by atoms with E-state index in [1.165, 1.54) is 0 Å². The highest BCUT2D eigenvalue weighted by atomic mass is 32.2. The summed E-state index contributed by atoms with van der Waals surface area (Å²) in [6.07, 6.45) is 0. The highest BCUT2D eigenvalue weighted by molar-refractivity contribution is 8.14. The first kappa shape index (κ1) is 23.4. The van der Waals surface area contributed by atoms with Crippen molar-refractivity contribution in [3.05, 3.63) is 71.8 Å². The Bertz CT molecular complexity index is 831. The maximum absolute atomic E-state index is 11.9. The van der Waals surface area contributed by atoms with E-state index in [9.17, 15) is 24.0 Å². The van der Waals surface area contributed by atoms with Crippen LogP contribution in [0.15, 0.2) is 60.7 Å². The number of hydrogen-bond donors (Lipinski definition) is 2. The van der Waals surface area contributed by atoms with Gasteiger partial charge in [-0.05, 0) is 0 Å². The van der Waals surface area contributed by atoms with Gasteiger partial charge in [-0.25, -0.2) is 0 Å². The molecule has 2 N–H and O–H groups in total. The molecule has 0 saturated heterocycles. The maximum Gasteiger partial charge on any atom is 0.230 e. The van der Waals surface area contributed by atoms with Crippen molar-refractivity contribution in [2.45, 2.75) is 0 Å². The fraction of sp³-hybridized carbons (Fsp3) is 0.190. The molecule has 0 aliphatic heterocycles. The van der Waals surface area contributed by atoms with Crippen LogP contribution in [0.1, 0.15) is 20.7 Å². The number of carbonyl (C=O) groups excluding carboxylic acids is 5. The molecule has 0 aromatic heterocycles. The Morgan fingerprint density at radius 1 is 0.600 bits per heavy atom. The summed E-state index contributed by atoms with van der Waals surface area (Å²) in [5.74, 6) is -1.51. The molecule has 0 fully saturated rings. The zero-order valence-corrected chi connectivity index (χ0v) is 17.6. The molecular weight excluding hydrogens is 424 g/mol. The Balaban J connectivity index is 1.58. The predicted molar refractivity (Wildman–Crippen MR) is 117 cm³/mol. The third-order valence-electron chi connectivity index (χ3n) is 3.65. The lowest BCUT2D eigenvalue weighted by Gasteiger charge is -2.06. The molecule has 7 nitrogen and oxygen atoms in total. The summed E-state index contributed by atoms with van der Waals surface area (Å²) >= 11 is 1.70. The molecule has 156 valence electrons. The Hall–Kier alpha value is -2.91. The molecule has 0 radical (unpaired) electrons. The van der Waals surface area contributed by atoms with Crippen LogP contribution in [0.5, 0.6) is 0 Å². The van der Waals surface area contributed by atoms with Crippen molar-refractivity contribution >= 4 is 51.4 Å². The van der Waals surface area contributed by atoms with Crippen LogP contribution in [0.3, 0.4) is 0 Å². The molecular formula is C21H20N2O5S2. The van der Waals surface area contributed by atoms with Gasteiger partial charge in [0.2, 0.25) is 22.0 Å². The largest absolute Gasteiger partial charge is 0.348 e. The summed E-state index contributed by atoms with van der Waals surface area (Å²) in [5, 5.41) is 4.37. The van der Waals surface area contributed by atoms with E-state index in [1.807, 2.05) is 0 Å². The summed E-state index contributed by atoms with van der Waals surface area (Å²) in [6.45, 7) is -0.509. The van der Waals surface area contributed by atoms with Crippen LogP contribution in [0.25, 0.3) is 0 Å². The summed E-state index contributed by atoms with van der Waals surface area (Å²) in [5.41, 5.74) is 0.996. The molecule has 0 saturated carbocycles. The average Bonchev–Trinajstić information content (AvgIpc) is 2.79. The Kier molecular flexibility index (Phi) is 9.82. The number of ketones is 1. The lowest BCUT2D eigenvalue weighted by atomic mass is 10.2. The molecule has 0 unspecified atom stereocenters. The second kappa shape index (κ2) is 12.6. The molecule has 2 aromatic carbocycles. The number of hydrogen-bond acceptors (Lipinski definition) is 7. The molecule has 0 bridgehead atoms. The van der Waals surface area contributed by atoms with Gasteiger partial charge in [0.05, 0.1) is 24.6 Å². The van der Waals surface area contributed by atoms with Crippen LogP contribution < -0.4 is 10.6 Å². The topological polar surface area (TPSA) is 109 Å². The van der Waals surface area contributed by atoms with E-state index in [0.29, 0.717) is 11.1 Å². The van der Waals surface area contributed by atoms with Gasteiger partial charge in [0.15, 0.2) is 5.78 Å². The number of rotatable bonds is 10. The van der Waals surface area contributed by atoms with E-state index in [1.54, 1.807) is 60.7 Å². The number of Topliss-reactive ketones (excluding diaryl/α,β-unsaturated/α-hetero) is 1. The van der Waals surface area contributed by atoms with E-state index < -0.39 is 17.6 Å². The third-order valence-corrected chi connectivity index (χ3v) is 5.46. The van der Waals surface area contributed by atoms with Crippen LogP contribution in [0, 0.1) is 0 Å². The van der Waals surface area contributed by atoms with Crippen molar-refractivity contribution in [3.8, 4) is 0 Å². The van der Waals surface area contributed by atoms with Crippen LogP contribution in [0.4, 0.5) is 0 Å². The molecule has 0 heterocycles. The SMILES string of the molecule is O=C(CNC(=O)CSC(=O)c1ccccc1)CNC(=O)CSC(=O)c1ccccc1. The fourth-order valence-corrected chi connectivity index (χ4v) is 3.47. The lowest BCUT2D eigenvalue weighted by molar-refractivity contribution is -0.125. The summed E-state index contributed by atoms with van der Waals surface area (Å²) in [7, 11) is 0. The van der Waals surface area contributed by atoms with Gasteiger partial charge in [-0.3, -0.25) is 24.0 Å². The van der Waals surface area contributed by atoms with E-state index >= 15 is 0 Å². The van der Waals surface area contributed by atoms with Crippen LogP contribution in [0.2, 0.25) is 0 Å². The first-order valence-electron chi connectivity index (χ1n) is 8.95. The van der Waals surface area contributed by atoms with Crippen molar-refractivity contribution < 1.29 is 24.0 Å². The molecule has 0 aliphatic carbocycles. The van der Waals surface area contributed by atoms with Crippen molar-refractivity contribution in [2.75, 3.05) is 24.6 Å². The van der Waals surface area contributed by atoms with Crippen molar-refractivity contribution in [2.24, 2.45) is 0 Å². The highest BCUT2D eigenvalue weighted by Crippen LogP contribution is 2.12. The molecule has 2 amide bonds. The number of carbonyl (C=O) groups is 5. The number of benzene rings is 2. The summed E-state index contributed by atoms with van der Waals surface area (Å²) in [4.78, 5) is 59.1. The van der Waals surface area contributed by atoms with Gasteiger partial charge in [-0.2, -0.15) is 0 Å². The molecule has 9 heteroatoms. The minimum atomic E-state index is -0.451. The minimum absolute atomic E-state index is 0.106. The van der Waals surface area contributed by atoms with E-state index in [0.717, 1.165) is 23.5 Å². The van der Waals surface area contributed by atoms with Crippen LogP contribution in [-0.4, -0.2) is 52.4 Å².